The number of anilines is 1. The lowest BCUT2D eigenvalue weighted by atomic mass is 9.94. The number of amides is 1. The molecule has 2 aromatic carbocycles. The quantitative estimate of drug-likeness (QED) is 0.818. The first-order valence-corrected chi connectivity index (χ1v) is 11.0. The number of aryl methyl sites for hydroxylation is 1. The number of sulfone groups is 1. The molecule has 1 amide bonds. The maximum atomic E-state index is 13.1. The molecule has 0 atom stereocenters. The average Bonchev–Trinajstić information content (AvgIpc) is 2.58. The van der Waals surface area contributed by atoms with Gasteiger partial charge in [-0.2, -0.15) is 0 Å². The Bertz CT molecular complexity index is 932. The van der Waals surface area contributed by atoms with Crippen LogP contribution in [0.25, 0.3) is 0 Å². The highest BCUT2D eigenvalue weighted by Gasteiger charge is 2.24. The van der Waals surface area contributed by atoms with Crippen LogP contribution >= 0.6 is 0 Å². The predicted octanol–water partition coefficient (Wildman–Crippen LogP) is 3.95. The minimum Gasteiger partial charge on any atom is -0.308 e. The molecule has 0 saturated carbocycles. The Morgan fingerprint density at radius 2 is 1.92 bits per heavy atom. The van der Waals surface area contributed by atoms with Gasteiger partial charge in [0.2, 0.25) is 0 Å². The summed E-state index contributed by atoms with van der Waals surface area (Å²) >= 11 is 0. The Morgan fingerprint density at radius 3 is 2.62 bits per heavy atom. The predicted molar refractivity (Wildman–Crippen MR) is 106 cm³/mol. The van der Waals surface area contributed by atoms with Crippen LogP contribution in [0.2, 0.25) is 0 Å². The second kappa shape index (κ2) is 7.23. The average molecular weight is 372 g/mol. The van der Waals surface area contributed by atoms with Crippen molar-refractivity contribution in [1.29, 1.82) is 0 Å². The Kier molecular flexibility index (Phi) is 5.19. The van der Waals surface area contributed by atoms with E-state index >= 15 is 0 Å². The third-order valence-electron chi connectivity index (χ3n) is 4.74. The van der Waals surface area contributed by atoms with Gasteiger partial charge in [-0.25, -0.2) is 8.42 Å². The van der Waals surface area contributed by atoms with Crippen molar-refractivity contribution in [3.63, 3.8) is 0 Å². The fourth-order valence-corrected chi connectivity index (χ4v) is 4.22. The molecule has 3 rings (SSSR count). The van der Waals surface area contributed by atoms with Crippen molar-refractivity contribution in [2.75, 3.05) is 17.7 Å². The molecule has 0 unspecified atom stereocenters. The van der Waals surface area contributed by atoms with Gasteiger partial charge in [-0.05, 0) is 53.6 Å². The van der Waals surface area contributed by atoms with Gasteiger partial charge in [0.05, 0.1) is 5.75 Å². The van der Waals surface area contributed by atoms with Crippen LogP contribution in [0, 0.1) is 0 Å². The molecule has 0 bridgehead atoms. The lowest BCUT2D eigenvalue weighted by molar-refractivity contribution is 0.0985. The molecule has 0 aromatic heterocycles. The molecule has 138 valence electrons. The third kappa shape index (κ3) is 4.15. The molecular weight excluding hydrogens is 346 g/mol. The molecule has 0 fully saturated rings. The van der Waals surface area contributed by atoms with Gasteiger partial charge in [0.25, 0.3) is 5.91 Å². The zero-order valence-corrected chi connectivity index (χ0v) is 16.3. The molecule has 1 heterocycles. The zero-order valence-electron chi connectivity index (χ0n) is 15.5. The van der Waals surface area contributed by atoms with E-state index in [4.69, 9.17) is 0 Å². The molecule has 0 N–H and O–H groups in total. The van der Waals surface area contributed by atoms with E-state index in [2.05, 4.69) is 26.0 Å². The van der Waals surface area contributed by atoms with Crippen molar-refractivity contribution in [1.82, 2.24) is 0 Å². The Balaban J connectivity index is 1.91. The molecule has 26 heavy (non-hydrogen) atoms. The van der Waals surface area contributed by atoms with E-state index in [0.717, 1.165) is 18.5 Å². The second-order valence-electron chi connectivity index (χ2n) is 7.37. The summed E-state index contributed by atoms with van der Waals surface area (Å²) in [5.41, 5.74) is 4.65. The van der Waals surface area contributed by atoms with Crippen molar-refractivity contribution in [2.45, 2.75) is 38.4 Å². The number of nitrogens with zero attached hydrogens (tertiary/aromatic N) is 1. The van der Waals surface area contributed by atoms with E-state index in [1.54, 1.807) is 24.3 Å². The van der Waals surface area contributed by atoms with Gasteiger partial charge in [0.1, 0.15) is 0 Å². The summed E-state index contributed by atoms with van der Waals surface area (Å²) in [4.78, 5) is 14.9. The number of hydrogen-bond acceptors (Lipinski definition) is 3. The molecule has 0 saturated heterocycles. The summed E-state index contributed by atoms with van der Waals surface area (Å²) in [5.74, 6) is 0.334. The van der Waals surface area contributed by atoms with Crippen LogP contribution in [0.15, 0.2) is 42.5 Å². The molecule has 2 aromatic rings. The summed E-state index contributed by atoms with van der Waals surface area (Å²) in [6, 6.07) is 13.3. The van der Waals surface area contributed by atoms with Crippen LogP contribution in [-0.4, -0.2) is 27.1 Å². The van der Waals surface area contributed by atoms with Gasteiger partial charge in [0, 0.05) is 24.1 Å². The number of hydrogen-bond donors (Lipinski definition) is 0. The smallest absolute Gasteiger partial charge is 0.258 e. The highest BCUT2D eigenvalue weighted by atomic mass is 32.2. The molecule has 4 nitrogen and oxygen atoms in total. The Morgan fingerprint density at radius 1 is 1.15 bits per heavy atom. The first kappa shape index (κ1) is 18.6. The van der Waals surface area contributed by atoms with E-state index < -0.39 is 9.84 Å². The van der Waals surface area contributed by atoms with E-state index in [1.165, 1.54) is 17.4 Å². The number of carbonyl (C=O) groups is 1. The van der Waals surface area contributed by atoms with Crippen molar-refractivity contribution < 1.29 is 13.2 Å². The molecule has 0 aliphatic carbocycles. The molecule has 1 aliphatic heterocycles. The number of fused-ring (bicyclic) bond motifs is 1. The monoisotopic (exact) mass is 371 g/mol. The summed E-state index contributed by atoms with van der Waals surface area (Å²) in [6.45, 7) is 5.02. The van der Waals surface area contributed by atoms with Crippen LogP contribution in [0.1, 0.15) is 53.2 Å². The van der Waals surface area contributed by atoms with Gasteiger partial charge in [-0.1, -0.05) is 38.1 Å². The zero-order chi connectivity index (χ0) is 18.9. The van der Waals surface area contributed by atoms with Crippen LogP contribution in [0.4, 0.5) is 5.69 Å². The van der Waals surface area contributed by atoms with Gasteiger partial charge in [-0.3, -0.25) is 4.79 Å². The highest BCUT2D eigenvalue weighted by Crippen LogP contribution is 2.31. The van der Waals surface area contributed by atoms with E-state index in [9.17, 15) is 13.2 Å². The number of benzene rings is 2. The fourth-order valence-electron chi connectivity index (χ4n) is 3.44. The Hall–Kier alpha value is -2.14. The lowest BCUT2D eigenvalue weighted by Gasteiger charge is -2.30. The summed E-state index contributed by atoms with van der Waals surface area (Å²) in [5, 5.41) is 0. The standard InChI is InChI=1S/C21H25NO3S/c1-15(2)17-9-10-20-18(13-17)8-5-11-22(20)21(23)19-7-4-6-16(12-19)14-26(3,24)25/h4,6-7,9-10,12-13,15H,5,8,11,14H2,1-3H3. The van der Waals surface area contributed by atoms with Crippen molar-refractivity contribution in [3.05, 3.63) is 64.7 Å². The highest BCUT2D eigenvalue weighted by molar-refractivity contribution is 7.89. The largest absolute Gasteiger partial charge is 0.308 e. The van der Waals surface area contributed by atoms with Crippen LogP contribution in [0.5, 0.6) is 0 Å². The van der Waals surface area contributed by atoms with E-state index in [-0.39, 0.29) is 11.7 Å². The fraction of sp³-hybridized carbons (Fsp3) is 0.381. The number of rotatable bonds is 4. The SMILES string of the molecule is CC(C)c1ccc2c(c1)CCCN2C(=O)c1cccc(CS(C)(=O)=O)c1. The normalized spacial score (nSPS) is 14.4. The van der Waals surface area contributed by atoms with Crippen molar-refractivity contribution in [2.24, 2.45) is 0 Å². The van der Waals surface area contributed by atoms with Gasteiger partial charge < -0.3 is 4.90 Å². The van der Waals surface area contributed by atoms with Crippen molar-refractivity contribution >= 4 is 21.4 Å². The first-order valence-electron chi connectivity index (χ1n) is 8.96. The topological polar surface area (TPSA) is 54.5 Å². The minimum atomic E-state index is -3.13. The first-order chi connectivity index (χ1) is 12.2. The summed E-state index contributed by atoms with van der Waals surface area (Å²) in [7, 11) is -3.13. The molecular formula is C21H25NO3S. The number of carbonyl (C=O) groups excluding carboxylic acids is 1. The maximum absolute atomic E-state index is 13.1. The van der Waals surface area contributed by atoms with Crippen molar-refractivity contribution in [3.8, 4) is 0 Å². The summed E-state index contributed by atoms with van der Waals surface area (Å²) < 4.78 is 23.1. The van der Waals surface area contributed by atoms with E-state index in [1.807, 2.05) is 11.0 Å². The molecule has 5 heteroatoms. The molecule has 1 aliphatic rings. The van der Waals surface area contributed by atoms with Crippen LogP contribution in [0.3, 0.4) is 0 Å². The molecule has 0 spiro atoms. The van der Waals surface area contributed by atoms with E-state index in [0.29, 0.717) is 23.6 Å². The minimum absolute atomic E-state index is 0.0531. The Labute approximate surface area is 155 Å². The van der Waals surface area contributed by atoms with Gasteiger partial charge >= 0.3 is 0 Å². The maximum Gasteiger partial charge on any atom is 0.258 e. The molecule has 0 radical (unpaired) electrons. The second-order valence-corrected chi connectivity index (χ2v) is 9.51. The van der Waals surface area contributed by atoms with Crippen LogP contribution in [-0.2, 0) is 22.0 Å². The lowest BCUT2D eigenvalue weighted by Crippen LogP contribution is -2.35. The van der Waals surface area contributed by atoms with Gasteiger partial charge in [-0.15, -0.1) is 0 Å². The van der Waals surface area contributed by atoms with Gasteiger partial charge in [0.15, 0.2) is 9.84 Å². The van der Waals surface area contributed by atoms with Crippen LogP contribution < -0.4 is 4.90 Å². The summed E-state index contributed by atoms with van der Waals surface area (Å²) in [6.07, 6.45) is 3.12. The third-order valence-corrected chi connectivity index (χ3v) is 5.59.